The molecular weight excluding hydrogens is 206 g/mol. The Balaban J connectivity index is 2.51. The van der Waals surface area contributed by atoms with Crippen molar-refractivity contribution in [2.45, 2.75) is 11.5 Å². The molecule has 0 spiro atoms. The highest BCUT2D eigenvalue weighted by molar-refractivity contribution is 8.20. The maximum Gasteiger partial charge on any atom is 0.325 e. The van der Waals surface area contributed by atoms with Crippen molar-refractivity contribution in [3.8, 4) is 6.07 Å². The number of thioether (sulfide) groups is 2. The van der Waals surface area contributed by atoms with Gasteiger partial charge in [-0.1, -0.05) is 0 Å². The lowest BCUT2D eigenvalue weighted by Gasteiger charge is -2.12. The molecular formula is C8H11NO2S2. The van der Waals surface area contributed by atoms with Crippen LogP contribution in [0.5, 0.6) is 0 Å². The van der Waals surface area contributed by atoms with Gasteiger partial charge in [0.25, 0.3) is 0 Å². The molecule has 0 aromatic heterocycles. The summed E-state index contributed by atoms with van der Waals surface area (Å²) in [6.45, 7) is 2.10. The van der Waals surface area contributed by atoms with Crippen LogP contribution in [-0.4, -0.2) is 28.7 Å². The smallest absolute Gasteiger partial charge is 0.325 e. The molecule has 3 nitrogen and oxygen atoms in total. The van der Waals surface area contributed by atoms with Crippen molar-refractivity contribution < 1.29 is 9.53 Å². The molecule has 72 valence electrons. The van der Waals surface area contributed by atoms with Gasteiger partial charge in [-0.2, -0.15) is 5.26 Å². The summed E-state index contributed by atoms with van der Waals surface area (Å²) in [6.07, 6.45) is 0. The molecule has 1 saturated heterocycles. The van der Waals surface area contributed by atoms with Crippen molar-refractivity contribution in [2.75, 3.05) is 18.1 Å². The number of carbonyl (C=O) groups excluding carboxylic acids is 1. The summed E-state index contributed by atoms with van der Waals surface area (Å²) in [5.74, 6) is 1.06. The minimum absolute atomic E-state index is 0.0732. The fourth-order valence-corrected chi connectivity index (χ4v) is 3.95. The first-order valence-electron chi connectivity index (χ1n) is 4.09. The molecule has 1 aliphatic heterocycles. The fourth-order valence-electron chi connectivity index (χ4n) is 1.03. The lowest BCUT2D eigenvalue weighted by molar-refractivity contribution is -0.145. The molecule has 0 amide bonds. The van der Waals surface area contributed by atoms with Crippen LogP contribution in [0.4, 0.5) is 0 Å². The highest BCUT2D eigenvalue weighted by Crippen LogP contribution is 2.37. The zero-order chi connectivity index (χ0) is 9.68. The highest BCUT2D eigenvalue weighted by atomic mass is 32.2. The van der Waals surface area contributed by atoms with E-state index in [0.29, 0.717) is 6.61 Å². The number of nitriles is 1. The average Bonchev–Trinajstić information content (AvgIpc) is 2.59. The number of hydrogen-bond donors (Lipinski definition) is 0. The van der Waals surface area contributed by atoms with Crippen LogP contribution in [0.2, 0.25) is 0 Å². The number of nitrogens with zero attached hydrogens (tertiary/aromatic N) is 1. The molecule has 5 heteroatoms. The fraction of sp³-hybridized carbons (Fsp3) is 0.750. The molecule has 1 rings (SSSR count). The largest absolute Gasteiger partial charge is 0.465 e. The summed E-state index contributed by atoms with van der Waals surface area (Å²) < 4.78 is 4.89. The Hall–Kier alpha value is -0.340. The van der Waals surface area contributed by atoms with E-state index in [1.807, 2.05) is 6.07 Å². The molecule has 0 aliphatic carbocycles. The first-order chi connectivity index (χ1) is 6.29. The highest BCUT2D eigenvalue weighted by Gasteiger charge is 2.32. The molecule has 0 bridgehead atoms. The summed E-state index contributed by atoms with van der Waals surface area (Å²) in [5, 5.41) is 8.81. The van der Waals surface area contributed by atoms with E-state index in [4.69, 9.17) is 10.00 Å². The molecule has 0 radical (unpaired) electrons. The summed E-state index contributed by atoms with van der Waals surface area (Å²) in [4.78, 5) is 11.3. The van der Waals surface area contributed by atoms with Crippen LogP contribution in [0, 0.1) is 17.2 Å². The van der Waals surface area contributed by atoms with Crippen molar-refractivity contribution in [3.63, 3.8) is 0 Å². The SMILES string of the molecule is CCOC(=O)C(C#N)C1SCCS1. The lowest BCUT2D eigenvalue weighted by Crippen LogP contribution is -2.23. The van der Waals surface area contributed by atoms with E-state index in [1.165, 1.54) is 0 Å². The third kappa shape index (κ3) is 2.82. The number of carbonyl (C=O) groups is 1. The van der Waals surface area contributed by atoms with Crippen LogP contribution >= 0.6 is 23.5 Å². The Morgan fingerprint density at radius 1 is 1.69 bits per heavy atom. The van der Waals surface area contributed by atoms with Gasteiger partial charge in [-0.05, 0) is 6.92 Å². The minimum atomic E-state index is -0.600. The second-order valence-corrected chi connectivity index (χ2v) is 5.27. The Kier molecular flexibility index (Phi) is 4.46. The zero-order valence-electron chi connectivity index (χ0n) is 7.36. The molecule has 0 saturated carbocycles. The second-order valence-electron chi connectivity index (χ2n) is 2.47. The van der Waals surface area contributed by atoms with Gasteiger partial charge >= 0.3 is 5.97 Å². The van der Waals surface area contributed by atoms with E-state index in [0.717, 1.165) is 11.5 Å². The number of hydrogen-bond acceptors (Lipinski definition) is 5. The molecule has 0 N–H and O–H groups in total. The summed E-state index contributed by atoms with van der Waals surface area (Å²) >= 11 is 3.34. The maximum atomic E-state index is 11.3. The normalized spacial score (nSPS) is 19.4. The molecule has 1 unspecified atom stereocenters. The van der Waals surface area contributed by atoms with Crippen LogP contribution in [0.25, 0.3) is 0 Å². The monoisotopic (exact) mass is 217 g/mol. The quantitative estimate of drug-likeness (QED) is 0.670. The van der Waals surface area contributed by atoms with Crippen molar-refractivity contribution in [1.29, 1.82) is 5.26 Å². The number of rotatable bonds is 3. The molecule has 1 aliphatic rings. The first kappa shape index (κ1) is 10.7. The van der Waals surface area contributed by atoms with E-state index in [1.54, 1.807) is 30.4 Å². The second kappa shape index (κ2) is 5.40. The van der Waals surface area contributed by atoms with E-state index < -0.39 is 5.92 Å². The molecule has 1 fully saturated rings. The number of ether oxygens (including phenoxy) is 1. The topological polar surface area (TPSA) is 50.1 Å². The summed E-state index contributed by atoms with van der Waals surface area (Å²) in [6, 6.07) is 2.01. The predicted molar refractivity (Wildman–Crippen MR) is 54.4 cm³/mol. The van der Waals surface area contributed by atoms with E-state index in [9.17, 15) is 4.79 Å². The van der Waals surface area contributed by atoms with Gasteiger partial charge in [-0.3, -0.25) is 4.79 Å². The third-order valence-electron chi connectivity index (χ3n) is 1.60. The zero-order valence-corrected chi connectivity index (χ0v) is 8.99. The summed E-state index contributed by atoms with van der Waals surface area (Å²) in [7, 11) is 0. The Morgan fingerprint density at radius 2 is 2.31 bits per heavy atom. The Morgan fingerprint density at radius 3 is 2.77 bits per heavy atom. The van der Waals surface area contributed by atoms with Gasteiger partial charge in [-0.25, -0.2) is 0 Å². The van der Waals surface area contributed by atoms with Crippen molar-refractivity contribution in [1.82, 2.24) is 0 Å². The van der Waals surface area contributed by atoms with Gasteiger partial charge in [0.15, 0.2) is 5.92 Å². The van der Waals surface area contributed by atoms with Crippen LogP contribution < -0.4 is 0 Å². The minimum Gasteiger partial charge on any atom is -0.465 e. The molecule has 13 heavy (non-hydrogen) atoms. The van der Waals surface area contributed by atoms with Crippen molar-refractivity contribution in [2.24, 2.45) is 5.92 Å². The molecule has 1 atom stereocenters. The third-order valence-corrected chi connectivity index (χ3v) is 4.76. The first-order valence-corrected chi connectivity index (χ1v) is 6.18. The predicted octanol–water partition coefficient (Wildman–Crippen LogP) is 1.50. The van der Waals surface area contributed by atoms with Crippen LogP contribution in [-0.2, 0) is 9.53 Å². The van der Waals surface area contributed by atoms with Crippen LogP contribution in [0.3, 0.4) is 0 Å². The van der Waals surface area contributed by atoms with Crippen molar-refractivity contribution >= 4 is 29.5 Å². The molecule has 0 aromatic rings. The average molecular weight is 217 g/mol. The van der Waals surface area contributed by atoms with Crippen molar-refractivity contribution in [3.05, 3.63) is 0 Å². The number of esters is 1. The van der Waals surface area contributed by atoms with E-state index >= 15 is 0 Å². The van der Waals surface area contributed by atoms with Crippen LogP contribution in [0.15, 0.2) is 0 Å². The van der Waals surface area contributed by atoms with Crippen LogP contribution in [0.1, 0.15) is 6.92 Å². The molecule has 1 heterocycles. The van der Waals surface area contributed by atoms with E-state index in [2.05, 4.69) is 0 Å². The Bertz CT molecular complexity index is 221. The van der Waals surface area contributed by atoms with Gasteiger partial charge in [0.05, 0.1) is 17.3 Å². The summed E-state index contributed by atoms with van der Waals surface area (Å²) in [5.41, 5.74) is 0. The van der Waals surface area contributed by atoms with Gasteiger partial charge in [0.1, 0.15) is 0 Å². The van der Waals surface area contributed by atoms with E-state index in [-0.39, 0.29) is 10.6 Å². The van der Waals surface area contributed by atoms with Gasteiger partial charge < -0.3 is 4.74 Å². The maximum absolute atomic E-state index is 11.3. The van der Waals surface area contributed by atoms with Gasteiger partial charge in [0, 0.05) is 11.5 Å². The Labute approximate surface area is 86.2 Å². The van der Waals surface area contributed by atoms with Gasteiger partial charge in [-0.15, -0.1) is 23.5 Å². The standard InChI is InChI=1S/C8H11NO2S2/c1-2-11-7(10)6(5-9)8-12-3-4-13-8/h6,8H,2-4H2,1H3. The molecule has 0 aromatic carbocycles. The lowest BCUT2D eigenvalue weighted by atomic mass is 10.2. The van der Waals surface area contributed by atoms with Gasteiger partial charge in [0.2, 0.25) is 0 Å².